The molecule has 104 valence electrons. The minimum atomic E-state index is 0.0527. The topological polar surface area (TPSA) is 58.4 Å². The molecule has 1 aromatic carbocycles. The quantitative estimate of drug-likeness (QED) is 0.806. The number of benzene rings is 1. The normalized spacial score (nSPS) is 20.2. The number of rotatable bonds is 4. The molecule has 1 fully saturated rings. The van der Waals surface area contributed by atoms with Gasteiger partial charge in [-0.2, -0.15) is 0 Å². The van der Waals surface area contributed by atoms with Crippen LogP contribution in [-0.2, 0) is 11.2 Å². The van der Waals surface area contributed by atoms with E-state index in [1.165, 1.54) is 19.3 Å². The van der Waals surface area contributed by atoms with Crippen LogP contribution in [0.25, 0.3) is 0 Å². The lowest BCUT2D eigenvalue weighted by Gasteiger charge is -2.32. The number of likely N-dealkylation sites (tertiary alicyclic amines) is 1. The first-order valence-corrected chi connectivity index (χ1v) is 6.97. The molecule has 2 rings (SSSR count). The molecule has 1 amide bonds. The SMILES string of the molecule is CN1CCCCC1CNC(=O)Cc1ccccc1N. The van der Waals surface area contributed by atoms with Gasteiger partial charge in [0.05, 0.1) is 6.42 Å². The number of piperidine rings is 1. The average molecular weight is 261 g/mol. The molecule has 0 radical (unpaired) electrons. The van der Waals surface area contributed by atoms with E-state index in [0.29, 0.717) is 18.2 Å². The van der Waals surface area contributed by atoms with Crippen LogP contribution in [0.5, 0.6) is 0 Å². The van der Waals surface area contributed by atoms with Gasteiger partial charge in [0.15, 0.2) is 0 Å². The smallest absolute Gasteiger partial charge is 0.224 e. The van der Waals surface area contributed by atoms with Crippen molar-refractivity contribution in [1.29, 1.82) is 0 Å². The monoisotopic (exact) mass is 261 g/mol. The van der Waals surface area contributed by atoms with E-state index in [1.807, 2.05) is 24.3 Å². The van der Waals surface area contributed by atoms with Crippen LogP contribution >= 0.6 is 0 Å². The lowest BCUT2D eigenvalue weighted by molar-refractivity contribution is -0.120. The summed E-state index contributed by atoms with van der Waals surface area (Å²) in [6.07, 6.45) is 4.06. The average Bonchev–Trinajstić information content (AvgIpc) is 2.40. The van der Waals surface area contributed by atoms with Crippen LogP contribution < -0.4 is 11.1 Å². The van der Waals surface area contributed by atoms with Gasteiger partial charge in [0.25, 0.3) is 0 Å². The first-order valence-electron chi connectivity index (χ1n) is 6.97. The fourth-order valence-electron chi connectivity index (χ4n) is 2.56. The second kappa shape index (κ2) is 6.57. The van der Waals surface area contributed by atoms with E-state index in [1.54, 1.807) is 0 Å². The summed E-state index contributed by atoms with van der Waals surface area (Å²) in [4.78, 5) is 14.3. The third-order valence-corrected chi connectivity index (χ3v) is 3.86. The first-order chi connectivity index (χ1) is 9.16. The van der Waals surface area contributed by atoms with Crippen molar-refractivity contribution in [3.05, 3.63) is 29.8 Å². The Bertz CT molecular complexity index is 433. The summed E-state index contributed by atoms with van der Waals surface area (Å²) in [6, 6.07) is 8.01. The van der Waals surface area contributed by atoms with E-state index in [0.717, 1.165) is 18.7 Å². The number of carbonyl (C=O) groups is 1. The van der Waals surface area contributed by atoms with Gasteiger partial charge in [0, 0.05) is 18.3 Å². The standard InChI is InChI=1S/C15H23N3O/c1-18-9-5-4-7-13(18)11-17-15(19)10-12-6-2-3-8-14(12)16/h2-3,6,8,13H,4-5,7,9-11,16H2,1H3,(H,17,19). The molecule has 1 aromatic rings. The zero-order valence-electron chi connectivity index (χ0n) is 11.6. The number of nitrogens with zero attached hydrogens (tertiary/aromatic N) is 1. The van der Waals surface area contributed by atoms with Crippen LogP contribution in [0, 0.1) is 0 Å². The number of amides is 1. The number of nitrogens with two attached hydrogens (primary N) is 1. The maximum absolute atomic E-state index is 11.9. The molecule has 1 heterocycles. The molecule has 0 spiro atoms. The maximum Gasteiger partial charge on any atom is 0.224 e. The molecular formula is C15H23N3O. The molecule has 1 atom stereocenters. The van der Waals surface area contributed by atoms with E-state index in [-0.39, 0.29) is 5.91 Å². The van der Waals surface area contributed by atoms with Crippen molar-refractivity contribution in [2.75, 3.05) is 25.9 Å². The molecule has 4 heteroatoms. The van der Waals surface area contributed by atoms with Crippen molar-refractivity contribution >= 4 is 11.6 Å². The summed E-state index contributed by atoms with van der Waals surface area (Å²) in [5.74, 6) is 0.0527. The van der Waals surface area contributed by atoms with Gasteiger partial charge in [0.2, 0.25) is 5.91 Å². The predicted octanol–water partition coefficient (Wildman–Crippen LogP) is 1.41. The van der Waals surface area contributed by atoms with E-state index in [9.17, 15) is 4.79 Å². The van der Waals surface area contributed by atoms with E-state index in [4.69, 9.17) is 5.73 Å². The molecule has 4 nitrogen and oxygen atoms in total. The maximum atomic E-state index is 11.9. The van der Waals surface area contributed by atoms with Crippen molar-refractivity contribution in [2.24, 2.45) is 0 Å². The first kappa shape index (κ1) is 13.9. The van der Waals surface area contributed by atoms with E-state index < -0.39 is 0 Å². The highest BCUT2D eigenvalue weighted by Gasteiger charge is 2.19. The molecule has 1 aliphatic heterocycles. The minimum absolute atomic E-state index is 0.0527. The highest BCUT2D eigenvalue weighted by molar-refractivity contribution is 5.80. The molecule has 0 saturated carbocycles. The zero-order chi connectivity index (χ0) is 13.7. The molecule has 1 unspecified atom stereocenters. The third-order valence-electron chi connectivity index (χ3n) is 3.86. The minimum Gasteiger partial charge on any atom is -0.398 e. The van der Waals surface area contributed by atoms with Crippen LogP contribution in [0.1, 0.15) is 24.8 Å². The van der Waals surface area contributed by atoms with Crippen molar-refractivity contribution in [3.8, 4) is 0 Å². The highest BCUT2D eigenvalue weighted by atomic mass is 16.1. The molecule has 0 aromatic heterocycles. The number of carbonyl (C=O) groups excluding carboxylic acids is 1. The van der Waals surface area contributed by atoms with Gasteiger partial charge in [-0.25, -0.2) is 0 Å². The highest BCUT2D eigenvalue weighted by Crippen LogP contribution is 2.14. The summed E-state index contributed by atoms with van der Waals surface area (Å²) in [7, 11) is 2.13. The van der Waals surface area contributed by atoms with Gasteiger partial charge >= 0.3 is 0 Å². The predicted molar refractivity (Wildman–Crippen MR) is 77.8 cm³/mol. The van der Waals surface area contributed by atoms with Gasteiger partial charge in [-0.3, -0.25) is 4.79 Å². The van der Waals surface area contributed by atoms with Crippen molar-refractivity contribution in [2.45, 2.75) is 31.7 Å². The van der Waals surface area contributed by atoms with E-state index >= 15 is 0 Å². The zero-order valence-corrected chi connectivity index (χ0v) is 11.6. The lowest BCUT2D eigenvalue weighted by atomic mass is 10.0. The fourth-order valence-corrected chi connectivity index (χ4v) is 2.56. The summed E-state index contributed by atoms with van der Waals surface area (Å²) >= 11 is 0. The summed E-state index contributed by atoms with van der Waals surface area (Å²) in [5.41, 5.74) is 7.43. The van der Waals surface area contributed by atoms with Gasteiger partial charge < -0.3 is 16.0 Å². The lowest BCUT2D eigenvalue weighted by Crippen LogP contribution is -2.44. The number of nitrogens with one attached hydrogen (secondary N) is 1. The fraction of sp³-hybridized carbons (Fsp3) is 0.533. The summed E-state index contributed by atoms with van der Waals surface area (Å²) in [5, 5.41) is 3.02. The number of hydrogen-bond acceptors (Lipinski definition) is 3. The Kier molecular flexibility index (Phi) is 4.80. The van der Waals surface area contributed by atoms with Crippen LogP contribution in [0.4, 0.5) is 5.69 Å². The molecule has 0 aliphatic carbocycles. The number of nitrogen functional groups attached to an aromatic ring is 1. The molecule has 19 heavy (non-hydrogen) atoms. The Hall–Kier alpha value is -1.55. The van der Waals surface area contributed by atoms with Crippen LogP contribution in [0.2, 0.25) is 0 Å². The summed E-state index contributed by atoms with van der Waals surface area (Å²) < 4.78 is 0. The Morgan fingerprint density at radius 3 is 2.95 bits per heavy atom. The van der Waals surface area contributed by atoms with Gasteiger partial charge in [0.1, 0.15) is 0 Å². The molecular weight excluding hydrogens is 238 g/mol. The molecule has 3 N–H and O–H groups in total. The number of para-hydroxylation sites is 1. The van der Waals surface area contributed by atoms with Gasteiger partial charge in [-0.05, 0) is 38.1 Å². The van der Waals surface area contributed by atoms with Crippen molar-refractivity contribution in [1.82, 2.24) is 10.2 Å². The largest absolute Gasteiger partial charge is 0.398 e. The summed E-state index contributed by atoms with van der Waals surface area (Å²) in [6.45, 7) is 1.87. The number of anilines is 1. The van der Waals surface area contributed by atoms with Crippen LogP contribution in [0.15, 0.2) is 24.3 Å². The van der Waals surface area contributed by atoms with E-state index in [2.05, 4.69) is 17.3 Å². The second-order valence-corrected chi connectivity index (χ2v) is 5.31. The van der Waals surface area contributed by atoms with Gasteiger partial charge in [-0.15, -0.1) is 0 Å². The second-order valence-electron chi connectivity index (χ2n) is 5.31. The molecule has 1 aliphatic rings. The Morgan fingerprint density at radius 1 is 1.42 bits per heavy atom. The molecule has 0 bridgehead atoms. The third kappa shape index (κ3) is 3.96. The molecule has 1 saturated heterocycles. The van der Waals surface area contributed by atoms with Crippen LogP contribution in [-0.4, -0.2) is 37.0 Å². The number of hydrogen-bond donors (Lipinski definition) is 2. The van der Waals surface area contributed by atoms with Crippen molar-refractivity contribution < 1.29 is 4.79 Å². The Balaban J connectivity index is 1.80. The Labute approximate surface area is 115 Å². The number of likely N-dealkylation sites (N-methyl/N-ethyl adjacent to an activating group) is 1. The van der Waals surface area contributed by atoms with Gasteiger partial charge in [-0.1, -0.05) is 24.6 Å². The van der Waals surface area contributed by atoms with Crippen LogP contribution in [0.3, 0.4) is 0 Å². The van der Waals surface area contributed by atoms with Crippen molar-refractivity contribution in [3.63, 3.8) is 0 Å². The Morgan fingerprint density at radius 2 is 2.21 bits per heavy atom.